The van der Waals surface area contributed by atoms with E-state index in [0.717, 1.165) is 12.1 Å². The Morgan fingerprint density at radius 1 is 1.26 bits per heavy atom. The fourth-order valence-corrected chi connectivity index (χ4v) is 2.68. The number of benzene rings is 1. The number of halogens is 2. The number of nitro groups is 1. The standard InChI is InChI=1S/C15H10Cl2N4O6/c1-5-10(15(26-17)18-6(2)11(5)16)13-19-14(27-20-13)7-3-8(21(24)25)12(23)9(22)4-7/h3-4,22-23H,1-2H3. The van der Waals surface area contributed by atoms with Crippen molar-refractivity contribution >= 4 is 29.2 Å². The minimum atomic E-state index is -0.869. The van der Waals surface area contributed by atoms with Crippen LogP contribution >= 0.6 is 23.5 Å². The molecular weight excluding hydrogens is 403 g/mol. The number of hydrogen-bond acceptors (Lipinski definition) is 9. The van der Waals surface area contributed by atoms with E-state index >= 15 is 0 Å². The van der Waals surface area contributed by atoms with Crippen molar-refractivity contribution in [2.24, 2.45) is 0 Å². The third kappa shape index (κ3) is 3.20. The summed E-state index contributed by atoms with van der Waals surface area (Å²) < 4.78 is 9.85. The third-order valence-corrected chi connectivity index (χ3v) is 4.44. The van der Waals surface area contributed by atoms with E-state index in [9.17, 15) is 20.3 Å². The average Bonchev–Trinajstić information content (AvgIpc) is 3.10. The van der Waals surface area contributed by atoms with Crippen LogP contribution in [0.1, 0.15) is 11.3 Å². The van der Waals surface area contributed by atoms with Gasteiger partial charge < -0.3 is 19.0 Å². The molecule has 2 heterocycles. The van der Waals surface area contributed by atoms with Crippen LogP contribution in [0, 0.1) is 24.0 Å². The largest absolute Gasteiger partial charge is 0.504 e. The van der Waals surface area contributed by atoms with E-state index in [1.807, 2.05) is 0 Å². The second kappa shape index (κ2) is 6.89. The first-order valence-corrected chi connectivity index (χ1v) is 7.93. The monoisotopic (exact) mass is 412 g/mol. The van der Waals surface area contributed by atoms with Gasteiger partial charge in [-0.3, -0.25) is 10.1 Å². The van der Waals surface area contributed by atoms with Crippen LogP contribution in [0.15, 0.2) is 16.7 Å². The zero-order valence-electron chi connectivity index (χ0n) is 13.7. The van der Waals surface area contributed by atoms with Crippen molar-refractivity contribution in [1.82, 2.24) is 15.1 Å². The summed E-state index contributed by atoms with van der Waals surface area (Å²) >= 11 is 11.7. The number of phenols is 2. The molecule has 3 rings (SSSR count). The number of nitrogens with zero attached hydrogens (tertiary/aromatic N) is 4. The van der Waals surface area contributed by atoms with Gasteiger partial charge in [-0.2, -0.15) is 4.98 Å². The zero-order valence-corrected chi connectivity index (χ0v) is 15.2. The van der Waals surface area contributed by atoms with Crippen LogP contribution in [0.3, 0.4) is 0 Å². The van der Waals surface area contributed by atoms with E-state index in [-0.39, 0.29) is 28.7 Å². The number of phenolic OH excluding ortho intramolecular Hbond substituents is 2. The first kappa shape index (κ1) is 18.7. The highest BCUT2D eigenvalue weighted by Gasteiger charge is 2.25. The normalized spacial score (nSPS) is 10.8. The second-order valence-corrected chi connectivity index (χ2v) is 5.97. The van der Waals surface area contributed by atoms with Gasteiger partial charge in [-0.25, -0.2) is 4.98 Å². The first-order valence-electron chi connectivity index (χ1n) is 7.24. The van der Waals surface area contributed by atoms with Gasteiger partial charge in [0.25, 0.3) is 5.89 Å². The maximum atomic E-state index is 11.0. The summed E-state index contributed by atoms with van der Waals surface area (Å²) in [5.74, 6) is -1.71. The van der Waals surface area contributed by atoms with E-state index in [2.05, 4.69) is 15.1 Å². The lowest BCUT2D eigenvalue weighted by molar-refractivity contribution is -0.385. The topological polar surface area (TPSA) is 145 Å². The number of aromatic nitrogens is 3. The molecule has 1 aromatic carbocycles. The molecule has 0 unspecified atom stereocenters. The molecule has 0 amide bonds. The molecule has 2 N–H and O–H groups in total. The highest BCUT2D eigenvalue weighted by atomic mass is 35.5. The zero-order chi connectivity index (χ0) is 19.9. The predicted octanol–water partition coefficient (Wildman–Crippen LogP) is 3.92. The summed E-state index contributed by atoms with van der Waals surface area (Å²) in [4.78, 5) is 18.4. The van der Waals surface area contributed by atoms with Crippen molar-refractivity contribution in [2.45, 2.75) is 13.8 Å². The molecule has 0 atom stereocenters. The van der Waals surface area contributed by atoms with Crippen LogP contribution in [0.4, 0.5) is 5.69 Å². The van der Waals surface area contributed by atoms with Gasteiger partial charge in [-0.05, 0) is 25.5 Å². The number of nitro benzene ring substituents is 1. The number of rotatable bonds is 4. The summed E-state index contributed by atoms with van der Waals surface area (Å²) in [6.07, 6.45) is 0. The van der Waals surface area contributed by atoms with E-state index in [4.69, 9.17) is 32.3 Å². The van der Waals surface area contributed by atoms with Gasteiger partial charge in [0.05, 0.1) is 26.8 Å². The Hall–Kier alpha value is -3.11. The lowest BCUT2D eigenvalue weighted by atomic mass is 10.1. The van der Waals surface area contributed by atoms with Gasteiger partial charge in [0, 0.05) is 6.07 Å². The van der Waals surface area contributed by atoms with Crippen LogP contribution < -0.4 is 4.29 Å². The quantitative estimate of drug-likeness (QED) is 0.369. The van der Waals surface area contributed by atoms with Crippen LogP contribution in [0.5, 0.6) is 17.4 Å². The summed E-state index contributed by atoms with van der Waals surface area (Å²) in [6, 6.07) is 2.03. The predicted molar refractivity (Wildman–Crippen MR) is 93.9 cm³/mol. The molecule has 0 fully saturated rings. The van der Waals surface area contributed by atoms with Crippen LogP contribution in [0.2, 0.25) is 5.02 Å². The summed E-state index contributed by atoms with van der Waals surface area (Å²) in [6.45, 7) is 3.34. The Morgan fingerprint density at radius 3 is 2.59 bits per heavy atom. The fraction of sp³-hybridized carbons (Fsp3) is 0.133. The minimum Gasteiger partial charge on any atom is -0.504 e. The SMILES string of the molecule is Cc1nc(OCl)c(-c2noc(-c3cc(O)c(O)c([N+](=O)[O-])c3)n2)c(C)c1Cl. The Morgan fingerprint density at radius 2 is 1.96 bits per heavy atom. The van der Waals surface area contributed by atoms with Gasteiger partial charge in [-0.1, -0.05) is 16.8 Å². The number of hydrogen-bond donors (Lipinski definition) is 2. The third-order valence-electron chi connectivity index (χ3n) is 3.74. The molecule has 0 saturated carbocycles. The van der Waals surface area contributed by atoms with Crippen LogP contribution in [-0.4, -0.2) is 30.3 Å². The van der Waals surface area contributed by atoms with Crippen molar-refractivity contribution in [3.05, 3.63) is 38.5 Å². The molecule has 10 nitrogen and oxygen atoms in total. The van der Waals surface area contributed by atoms with Gasteiger partial charge in [0.15, 0.2) is 5.75 Å². The molecule has 0 aliphatic heterocycles. The molecular formula is C15H10Cl2N4O6. The molecule has 0 bridgehead atoms. The molecule has 0 aliphatic rings. The highest BCUT2D eigenvalue weighted by molar-refractivity contribution is 6.32. The van der Waals surface area contributed by atoms with Crippen LogP contribution in [-0.2, 0) is 0 Å². The smallest absolute Gasteiger partial charge is 0.315 e. The molecule has 0 saturated heterocycles. The Bertz CT molecular complexity index is 1070. The molecule has 27 heavy (non-hydrogen) atoms. The highest BCUT2D eigenvalue weighted by Crippen LogP contribution is 2.40. The summed E-state index contributed by atoms with van der Waals surface area (Å²) in [5, 5.41) is 34.4. The van der Waals surface area contributed by atoms with Gasteiger partial charge in [0.1, 0.15) is 11.9 Å². The van der Waals surface area contributed by atoms with E-state index < -0.39 is 22.1 Å². The fourth-order valence-electron chi connectivity index (χ4n) is 2.43. The van der Waals surface area contributed by atoms with Crippen molar-refractivity contribution in [3.8, 4) is 40.2 Å². The Labute approximate surface area is 161 Å². The van der Waals surface area contributed by atoms with Crippen molar-refractivity contribution in [1.29, 1.82) is 0 Å². The lowest BCUT2D eigenvalue weighted by Gasteiger charge is -2.09. The van der Waals surface area contributed by atoms with E-state index in [1.54, 1.807) is 13.8 Å². The molecule has 2 aromatic heterocycles. The molecule has 0 aliphatic carbocycles. The maximum absolute atomic E-state index is 11.0. The van der Waals surface area contributed by atoms with Gasteiger partial charge in [0.2, 0.25) is 17.5 Å². The average molecular weight is 413 g/mol. The van der Waals surface area contributed by atoms with E-state index in [0.29, 0.717) is 16.3 Å². The van der Waals surface area contributed by atoms with Gasteiger partial charge in [-0.15, -0.1) is 0 Å². The molecule has 3 aromatic rings. The first-order chi connectivity index (χ1) is 12.7. The minimum absolute atomic E-state index is 0.00273. The summed E-state index contributed by atoms with van der Waals surface area (Å²) in [5.41, 5.74) is 0.592. The van der Waals surface area contributed by atoms with Gasteiger partial charge >= 0.3 is 5.69 Å². The van der Waals surface area contributed by atoms with Crippen molar-refractivity contribution in [2.75, 3.05) is 0 Å². The Kier molecular flexibility index (Phi) is 4.77. The molecule has 0 radical (unpaired) electrons. The van der Waals surface area contributed by atoms with E-state index in [1.165, 1.54) is 0 Å². The Balaban J connectivity index is 2.15. The molecule has 12 heteroatoms. The van der Waals surface area contributed by atoms with Crippen LogP contribution in [0.25, 0.3) is 22.8 Å². The maximum Gasteiger partial charge on any atom is 0.315 e. The number of aromatic hydroxyl groups is 2. The second-order valence-electron chi connectivity index (χ2n) is 5.44. The van der Waals surface area contributed by atoms with Crippen molar-refractivity contribution in [3.63, 3.8) is 0 Å². The molecule has 140 valence electrons. The number of pyridine rings is 1. The summed E-state index contributed by atoms with van der Waals surface area (Å²) in [7, 11) is 0. The molecule has 0 spiro atoms. The van der Waals surface area contributed by atoms with Crippen molar-refractivity contribution < 1.29 is 23.9 Å². The number of aryl methyl sites for hydroxylation is 1. The lowest BCUT2D eigenvalue weighted by Crippen LogP contribution is -1.97.